The second-order valence-electron chi connectivity index (χ2n) is 7.30. The van der Waals surface area contributed by atoms with Gasteiger partial charge in [0.2, 0.25) is 0 Å². The molecule has 1 amide bonds. The van der Waals surface area contributed by atoms with Gasteiger partial charge in [-0.2, -0.15) is 0 Å². The van der Waals surface area contributed by atoms with Crippen LogP contribution in [0.4, 0.5) is 0 Å². The molecule has 134 valence electrons. The van der Waals surface area contributed by atoms with Crippen molar-refractivity contribution in [3.05, 3.63) is 33.1 Å². The maximum atomic E-state index is 12.9. The maximum absolute atomic E-state index is 12.9. The molecule has 25 heavy (non-hydrogen) atoms. The van der Waals surface area contributed by atoms with E-state index >= 15 is 0 Å². The van der Waals surface area contributed by atoms with Crippen LogP contribution < -0.4 is 0 Å². The molecule has 0 aromatic carbocycles. The Morgan fingerprint density at radius 2 is 2.12 bits per heavy atom. The summed E-state index contributed by atoms with van der Waals surface area (Å²) in [5.41, 5.74) is 2.77. The number of carbonyl (C=O) groups excluding carboxylic acids is 1. The number of carbonyl (C=O) groups is 1. The molecule has 3 saturated heterocycles. The van der Waals surface area contributed by atoms with Crippen molar-refractivity contribution in [2.75, 3.05) is 19.6 Å². The normalized spacial score (nSPS) is 23.9. The van der Waals surface area contributed by atoms with Gasteiger partial charge in [0.15, 0.2) is 0 Å². The monoisotopic (exact) mass is 360 g/mol. The Hall–Kier alpha value is -1.73. The van der Waals surface area contributed by atoms with E-state index in [1.807, 2.05) is 26.2 Å². The lowest BCUT2D eigenvalue weighted by Gasteiger charge is -2.35. The Kier molecular flexibility index (Phi) is 4.37. The van der Waals surface area contributed by atoms with Crippen molar-refractivity contribution < 1.29 is 9.32 Å². The number of hydrogen-bond donors (Lipinski definition) is 0. The summed E-state index contributed by atoms with van der Waals surface area (Å²) in [4.78, 5) is 21.8. The van der Waals surface area contributed by atoms with Crippen LogP contribution in [0.3, 0.4) is 0 Å². The SMILES string of the molecule is Cc1nc(C(=O)N2C[C@H]3CC[C@@H]2CN(Cc2c(C)noc2C)C3)cs1. The van der Waals surface area contributed by atoms with Crippen LogP contribution in [0.25, 0.3) is 0 Å². The highest BCUT2D eigenvalue weighted by Crippen LogP contribution is 2.30. The summed E-state index contributed by atoms with van der Waals surface area (Å²) in [5.74, 6) is 1.53. The highest BCUT2D eigenvalue weighted by Gasteiger charge is 2.38. The van der Waals surface area contributed by atoms with Crippen LogP contribution in [-0.4, -0.2) is 51.5 Å². The van der Waals surface area contributed by atoms with Gasteiger partial charge < -0.3 is 9.42 Å². The minimum absolute atomic E-state index is 0.0956. The molecule has 6 nitrogen and oxygen atoms in total. The predicted octanol–water partition coefficient (Wildman–Crippen LogP) is 2.79. The topological polar surface area (TPSA) is 62.5 Å². The number of piperidine rings is 1. The number of fused-ring (bicyclic) bond motifs is 4. The lowest BCUT2D eigenvalue weighted by atomic mass is 9.95. The molecule has 3 aliphatic heterocycles. The molecule has 3 aliphatic rings. The van der Waals surface area contributed by atoms with Crippen molar-refractivity contribution in [3.8, 4) is 0 Å². The molecule has 5 heterocycles. The third-order valence-electron chi connectivity index (χ3n) is 5.45. The molecule has 0 spiro atoms. The number of rotatable bonds is 3. The van der Waals surface area contributed by atoms with Crippen LogP contribution in [0, 0.1) is 26.7 Å². The van der Waals surface area contributed by atoms with Crippen LogP contribution in [0.2, 0.25) is 0 Å². The molecule has 0 N–H and O–H groups in total. The van der Waals surface area contributed by atoms with Gasteiger partial charge in [-0.05, 0) is 39.5 Å². The van der Waals surface area contributed by atoms with Gasteiger partial charge in [0, 0.05) is 43.2 Å². The second kappa shape index (κ2) is 6.53. The zero-order valence-electron chi connectivity index (χ0n) is 15.0. The first-order valence-electron chi connectivity index (χ1n) is 8.88. The number of thiazole rings is 1. The average molecular weight is 360 g/mol. The van der Waals surface area contributed by atoms with Crippen LogP contribution in [0.5, 0.6) is 0 Å². The number of nitrogens with zero attached hydrogens (tertiary/aromatic N) is 4. The molecule has 2 atom stereocenters. The molecule has 0 saturated carbocycles. The first kappa shape index (κ1) is 16.7. The van der Waals surface area contributed by atoms with E-state index in [9.17, 15) is 4.79 Å². The van der Waals surface area contributed by atoms with Crippen molar-refractivity contribution in [2.24, 2.45) is 5.92 Å². The Morgan fingerprint density at radius 1 is 1.28 bits per heavy atom. The van der Waals surface area contributed by atoms with E-state index < -0.39 is 0 Å². The largest absolute Gasteiger partial charge is 0.361 e. The van der Waals surface area contributed by atoms with Crippen molar-refractivity contribution >= 4 is 17.2 Å². The lowest BCUT2D eigenvalue weighted by molar-refractivity contribution is 0.0579. The van der Waals surface area contributed by atoms with E-state index in [4.69, 9.17) is 4.52 Å². The molecule has 7 heteroatoms. The van der Waals surface area contributed by atoms with Gasteiger partial charge in [-0.3, -0.25) is 9.69 Å². The summed E-state index contributed by atoms with van der Waals surface area (Å²) < 4.78 is 5.31. The van der Waals surface area contributed by atoms with Crippen LogP contribution in [-0.2, 0) is 6.54 Å². The molecule has 5 rings (SSSR count). The second-order valence-corrected chi connectivity index (χ2v) is 8.37. The minimum atomic E-state index is 0.0956. The fourth-order valence-electron chi connectivity index (χ4n) is 4.12. The third kappa shape index (κ3) is 3.22. The zero-order chi connectivity index (χ0) is 17.6. The van der Waals surface area contributed by atoms with Crippen LogP contribution in [0.15, 0.2) is 9.90 Å². The van der Waals surface area contributed by atoms with Crippen molar-refractivity contribution in [1.29, 1.82) is 0 Å². The van der Waals surface area contributed by atoms with E-state index in [1.165, 1.54) is 12.0 Å². The maximum Gasteiger partial charge on any atom is 0.273 e. The van der Waals surface area contributed by atoms with Crippen molar-refractivity contribution in [2.45, 2.75) is 46.2 Å². The van der Waals surface area contributed by atoms with Gasteiger partial charge in [-0.1, -0.05) is 5.16 Å². The molecule has 3 fully saturated rings. The quantitative estimate of drug-likeness (QED) is 0.842. The fourth-order valence-corrected chi connectivity index (χ4v) is 4.70. The van der Waals surface area contributed by atoms with Gasteiger partial charge in [-0.15, -0.1) is 11.3 Å². The Bertz CT molecular complexity index is 764. The smallest absolute Gasteiger partial charge is 0.273 e. The summed E-state index contributed by atoms with van der Waals surface area (Å²) in [6, 6.07) is 0.272. The molecule has 0 aliphatic carbocycles. The summed E-state index contributed by atoms with van der Waals surface area (Å²) in [6.07, 6.45) is 2.28. The minimum Gasteiger partial charge on any atom is -0.361 e. The summed E-state index contributed by atoms with van der Waals surface area (Å²) >= 11 is 1.54. The van der Waals surface area contributed by atoms with Crippen molar-refractivity contribution in [1.82, 2.24) is 19.9 Å². The first-order valence-corrected chi connectivity index (χ1v) is 9.76. The Balaban J connectivity index is 1.51. The Labute approximate surface area is 151 Å². The molecular formula is C18H24N4O2S. The van der Waals surface area contributed by atoms with Gasteiger partial charge in [0.25, 0.3) is 5.91 Å². The van der Waals surface area contributed by atoms with Crippen LogP contribution in [0.1, 0.15) is 45.4 Å². The summed E-state index contributed by atoms with van der Waals surface area (Å²) in [6.45, 7) is 9.56. The molecule has 0 unspecified atom stereocenters. The van der Waals surface area contributed by atoms with Crippen LogP contribution >= 0.6 is 11.3 Å². The van der Waals surface area contributed by atoms with E-state index in [1.54, 1.807) is 11.3 Å². The summed E-state index contributed by atoms with van der Waals surface area (Å²) in [5, 5.41) is 6.90. The molecule has 2 aromatic heterocycles. The fraction of sp³-hybridized carbons (Fsp3) is 0.611. The lowest BCUT2D eigenvalue weighted by Crippen LogP contribution is -2.47. The highest BCUT2D eigenvalue weighted by molar-refractivity contribution is 7.09. The average Bonchev–Trinajstić information content (AvgIpc) is 3.02. The summed E-state index contributed by atoms with van der Waals surface area (Å²) in [7, 11) is 0. The van der Waals surface area contributed by atoms with E-state index in [2.05, 4.69) is 19.9 Å². The van der Waals surface area contributed by atoms with Crippen molar-refractivity contribution in [3.63, 3.8) is 0 Å². The molecule has 0 radical (unpaired) electrons. The van der Waals surface area contributed by atoms with E-state index in [-0.39, 0.29) is 11.9 Å². The van der Waals surface area contributed by atoms with Gasteiger partial charge in [-0.25, -0.2) is 4.98 Å². The number of amides is 1. The molecule has 2 bridgehead atoms. The van der Waals surface area contributed by atoms with Gasteiger partial charge in [0.1, 0.15) is 11.5 Å². The number of hydrogen-bond acceptors (Lipinski definition) is 6. The number of aromatic nitrogens is 2. The first-order chi connectivity index (χ1) is 12.0. The standard InChI is InChI=1S/C18H24N4O2S/c1-11-16(12(2)24-20-11)9-21-6-14-4-5-15(8-21)22(7-14)18(23)17-10-25-13(3)19-17/h10,14-15H,4-9H2,1-3H3/t14-,15+/m0/s1. The zero-order valence-corrected chi connectivity index (χ0v) is 15.8. The van der Waals surface area contributed by atoms with Gasteiger partial charge >= 0.3 is 0 Å². The van der Waals surface area contributed by atoms with E-state index in [0.29, 0.717) is 11.6 Å². The molecule has 2 aromatic rings. The van der Waals surface area contributed by atoms with Gasteiger partial charge in [0.05, 0.1) is 10.7 Å². The Morgan fingerprint density at radius 3 is 2.80 bits per heavy atom. The third-order valence-corrected chi connectivity index (χ3v) is 6.22. The molecular weight excluding hydrogens is 336 g/mol. The predicted molar refractivity (Wildman–Crippen MR) is 95.7 cm³/mol. The number of aryl methyl sites for hydroxylation is 3. The highest BCUT2D eigenvalue weighted by atomic mass is 32.1. The van der Waals surface area contributed by atoms with E-state index in [0.717, 1.165) is 49.1 Å².